The van der Waals surface area contributed by atoms with Gasteiger partial charge in [-0.15, -0.1) is 0 Å². The lowest BCUT2D eigenvalue weighted by atomic mass is 10.0. The number of ether oxygens (including phenoxy) is 2. The molecule has 2 rings (SSSR count). The minimum Gasteiger partial charge on any atom is -0.423 e. The van der Waals surface area contributed by atoms with Crippen LogP contribution in [0, 0.1) is 11.6 Å². The number of carbonyl (C=O) groups excluding carboxylic acids is 2. The number of esters is 2. The zero-order valence-electron chi connectivity index (χ0n) is 12.4. The highest BCUT2D eigenvalue weighted by molar-refractivity contribution is 5.84. The molecule has 122 valence electrons. The first-order valence-electron chi connectivity index (χ1n) is 6.73. The summed E-state index contributed by atoms with van der Waals surface area (Å²) in [6, 6.07) is 8.19. The molecule has 0 aromatic heterocycles. The molecule has 0 radical (unpaired) electrons. The van der Waals surface area contributed by atoms with Gasteiger partial charge in [-0.05, 0) is 29.8 Å². The lowest BCUT2D eigenvalue weighted by Crippen LogP contribution is -2.06. The molecule has 0 atom stereocenters. The van der Waals surface area contributed by atoms with Crippen LogP contribution in [-0.4, -0.2) is 11.9 Å². The fourth-order valence-corrected chi connectivity index (χ4v) is 1.84. The predicted molar refractivity (Wildman–Crippen MR) is 83.5 cm³/mol. The van der Waals surface area contributed by atoms with Gasteiger partial charge in [-0.25, -0.2) is 14.0 Å². The van der Waals surface area contributed by atoms with Gasteiger partial charge in [0.1, 0.15) is 5.75 Å². The fourth-order valence-electron chi connectivity index (χ4n) is 1.84. The minimum atomic E-state index is -1.29. The average molecular weight is 330 g/mol. The standard InChI is InChI=1S/C18H12F2O4/c1-3-15(21)23-12-7-5-11(6-8-12)13-9-10-14(18(20)17(13)19)24-16(22)4-2/h3-10H,1-2H2. The van der Waals surface area contributed by atoms with Crippen LogP contribution in [-0.2, 0) is 9.59 Å². The van der Waals surface area contributed by atoms with E-state index >= 15 is 0 Å². The molecule has 0 saturated carbocycles. The number of benzene rings is 2. The third kappa shape index (κ3) is 3.73. The van der Waals surface area contributed by atoms with Gasteiger partial charge in [0, 0.05) is 17.7 Å². The molecule has 0 saturated heterocycles. The van der Waals surface area contributed by atoms with E-state index in [9.17, 15) is 18.4 Å². The van der Waals surface area contributed by atoms with Crippen molar-refractivity contribution in [3.05, 3.63) is 73.3 Å². The highest BCUT2D eigenvalue weighted by atomic mass is 19.2. The molecule has 0 unspecified atom stereocenters. The van der Waals surface area contributed by atoms with Crippen LogP contribution < -0.4 is 9.47 Å². The number of hydrogen-bond donors (Lipinski definition) is 0. The maximum atomic E-state index is 14.2. The Balaban J connectivity index is 2.30. The molecular formula is C18H12F2O4. The van der Waals surface area contributed by atoms with Crippen molar-refractivity contribution in [3.8, 4) is 22.6 Å². The normalized spacial score (nSPS) is 9.92. The number of halogens is 2. The lowest BCUT2D eigenvalue weighted by molar-refractivity contribution is -0.130. The molecule has 0 amide bonds. The lowest BCUT2D eigenvalue weighted by Gasteiger charge is -2.09. The van der Waals surface area contributed by atoms with Crippen LogP contribution in [0.5, 0.6) is 11.5 Å². The van der Waals surface area contributed by atoms with E-state index in [1.165, 1.54) is 30.3 Å². The van der Waals surface area contributed by atoms with Gasteiger partial charge in [-0.1, -0.05) is 25.3 Å². The molecule has 0 aliphatic heterocycles. The van der Waals surface area contributed by atoms with Gasteiger partial charge < -0.3 is 9.47 Å². The summed E-state index contributed by atoms with van der Waals surface area (Å²) in [4.78, 5) is 22.2. The first-order valence-corrected chi connectivity index (χ1v) is 6.73. The summed E-state index contributed by atoms with van der Waals surface area (Å²) in [7, 11) is 0. The topological polar surface area (TPSA) is 52.6 Å². The quantitative estimate of drug-likeness (QED) is 0.475. The van der Waals surface area contributed by atoms with E-state index in [1.54, 1.807) is 0 Å². The molecule has 0 spiro atoms. The van der Waals surface area contributed by atoms with Crippen LogP contribution in [0.25, 0.3) is 11.1 Å². The van der Waals surface area contributed by atoms with Gasteiger partial charge in [0.15, 0.2) is 11.6 Å². The van der Waals surface area contributed by atoms with E-state index in [0.717, 1.165) is 18.2 Å². The molecule has 6 heteroatoms. The Kier molecular flexibility index (Phi) is 5.21. The van der Waals surface area contributed by atoms with Gasteiger partial charge in [-0.3, -0.25) is 0 Å². The van der Waals surface area contributed by atoms with Crippen molar-refractivity contribution in [1.29, 1.82) is 0 Å². The number of carbonyl (C=O) groups is 2. The van der Waals surface area contributed by atoms with Crippen molar-refractivity contribution in [2.45, 2.75) is 0 Å². The van der Waals surface area contributed by atoms with Crippen LogP contribution in [0.3, 0.4) is 0 Å². The first-order chi connectivity index (χ1) is 11.5. The molecule has 4 nitrogen and oxygen atoms in total. The molecule has 2 aromatic rings. The zero-order chi connectivity index (χ0) is 17.7. The molecule has 0 N–H and O–H groups in total. The second kappa shape index (κ2) is 7.32. The number of hydrogen-bond acceptors (Lipinski definition) is 4. The zero-order valence-corrected chi connectivity index (χ0v) is 12.4. The Bertz CT molecular complexity index is 811. The molecule has 0 bridgehead atoms. The van der Waals surface area contributed by atoms with Gasteiger partial charge in [0.25, 0.3) is 0 Å². The van der Waals surface area contributed by atoms with E-state index in [4.69, 9.17) is 4.74 Å². The van der Waals surface area contributed by atoms with Crippen LogP contribution in [0.2, 0.25) is 0 Å². The maximum Gasteiger partial charge on any atom is 0.335 e. The van der Waals surface area contributed by atoms with Gasteiger partial charge >= 0.3 is 11.9 Å². The highest BCUT2D eigenvalue weighted by Crippen LogP contribution is 2.31. The minimum absolute atomic E-state index is 0.0347. The van der Waals surface area contributed by atoms with Crippen LogP contribution in [0.1, 0.15) is 0 Å². The second-order valence-electron chi connectivity index (χ2n) is 4.51. The Labute approximate surface area is 136 Å². The van der Waals surface area contributed by atoms with E-state index in [1.807, 2.05) is 0 Å². The average Bonchev–Trinajstić information content (AvgIpc) is 2.59. The van der Waals surface area contributed by atoms with Gasteiger partial charge in [0.2, 0.25) is 5.82 Å². The van der Waals surface area contributed by atoms with Crippen molar-refractivity contribution < 1.29 is 27.8 Å². The monoisotopic (exact) mass is 330 g/mol. The SMILES string of the molecule is C=CC(=O)Oc1ccc(-c2ccc(OC(=O)C=C)c(F)c2F)cc1. The molecule has 0 heterocycles. The Morgan fingerprint density at radius 3 is 2.00 bits per heavy atom. The van der Waals surface area contributed by atoms with Gasteiger partial charge in [-0.2, -0.15) is 4.39 Å². The molecule has 24 heavy (non-hydrogen) atoms. The maximum absolute atomic E-state index is 14.2. The highest BCUT2D eigenvalue weighted by Gasteiger charge is 2.17. The largest absolute Gasteiger partial charge is 0.423 e. The first kappa shape index (κ1) is 17.1. The van der Waals surface area contributed by atoms with Crippen molar-refractivity contribution in [2.75, 3.05) is 0 Å². The molecule has 0 aliphatic rings. The van der Waals surface area contributed by atoms with Crippen molar-refractivity contribution >= 4 is 11.9 Å². The number of rotatable bonds is 5. The Hall–Kier alpha value is -3.28. The summed E-state index contributed by atoms with van der Waals surface area (Å²) in [6.07, 6.45) is 1.85. The molecule has 2 aromatic carbocycles. The summed E-state index contributed by atoms with van der Waals surface area (Å²) in [5.41, 5.74) is 0.318. The van der Waals surface area contributed by atoms with Crippen LogP contribution >= 0.6 is 0 Å². The van der Waals surface area contributed by atoms with Crippen molar-refractivity contribution in [3.63, 3.8) is 0 Å². The summed E-state index contributed by atoms with van der Waals surface area (Å²) < 4.78 is 37.6. The second-order valence-corrected chi connectivity index (χ2v) is 4.51. The summed E-state index contributed by atoms with van der Waals surface area (Å²) >= 11 is 0. The summed E-state index contributed by atoms with van der Waals surface area (Å²) in [6.45, 7) is 6.45. The Morgan fingerprint density at radius 1 is 0.833 bits per heavy atom. The van der Waals surface area contributed by atoms with Crippen molar-refractivity contribution in [2.24, 2.45) is 0 Å². The summed E-state index contributed by atoms with van der Waals surface area (Å²) in [5.74, 6) is -4.27. The van der Waals surface area contributed by atoms with E-state index in [-0.39, 0.29) is 11.3 Å². The third-order valence-electron chi connectivity index (χ3n) is 2.97. The van der Waals surface area contributed by atoms with E-state index < -0.39 is 29.3 Å². The Morgan fingerprint density at radius 2 is 1.42 bits per heavy atom. The van der Waals surface area contributed by atoms with Crippen LogP contribution in [0.4, 0.5) is 8.78 Å². The van der Waals surface area contributed by atoms with Crippen LogP contribution in [0.15, 0.2) is 61.7 Å². The molecule has 0 fully saturated rings. The molecule has 0 aliphatic carbocycles. The third-order valence-corrected chi connectivity index (χ3v) is 2.97. The molecular weight excluding hydrogens is 318 g/mol. The van der Waals surface area contributed by atoms with E-state index in [0.29, 0.717) is 5.56 Å². The predicted octanol–water partition coefficient (Wildman–Crippen LogP) is 3.81. The van der Waals surface area contributed by atoms with E-state index in [2.05, 4.69) is 17.9 Å². The van der Waals surface area contributed by atoms with Gasteiger partial charge in [0.05, 0.1) is 0 Å². The fraction of sp³-hybridized carbons (Fsp3) is 0. The van der Waals surface area contributed by atoms with Crippen molar-refractivity contribution in [1.82, 2.24) is 0 Å². The summed E-state index contributed by atoms with van der Waals surface area (Å²) in [5, 5.41) is 0. The smallest absolute Gasteiger partial charge is 0.335 e.